The van der Waals surface area contributed by atoms with Gasteiger partial charge in [0.25, 0.3) is 0 Å². The molecule has 1 nitrogen and oxygen atoms in total. The second kappa shape index (κ2) is 5.04. The summed E-state index contributed by atoms with van der Waals surface area (Å²) in [5, 5.41) is 3.47. The van der Waals surface area contributed by atoms with Crippen molar-refractivity contribution in [1.29, 1.82) is 0 Å². The first-order valence-corrected chi connectivity index (χ1v) is 6.78. The van der Waals surface area contributed by atoms with Crippen LogP contribution in [0.2, 0.25) is 0 Å². The van der Waals surface area contributed by atoms with Crippen LogP contribution >= 0.6 is 11.8 Å². The van der Waals surface area contributed by atoms with Crippen molar-refractivity contribution in [2.75, 3.05) is 18.6 Å². The van der Waals surface area contributed by atoms with Crippen LogP contribution in [0.4, 0.5) is 0 Å². The van der Waals surface area contributed by atoms with Crippen LogP contribution in [-0.2, 0) is 0 Å². The highest BCUT2D eigenvalue weighted by Crippen LogP contribution is 2.33. The molecule has 1 N–H and O–H groups in total. The lowest BCUT2D eigenvalue weighted by molar-refractivity contribution is 0.420. The monoisotopic (exact) mass is 221 g/mol. The molecule has 0 amide bonds. The predicted octanol–water partition coefficient (Wildman–Crippen LogP) is 3.01. The van der Waals surface area contributed by atoms with Gasteiger partial charge in [0.15, 0.2) is 0 Å². The number of hydrogen-bond donors (Lipinski definition) is 1. The number of hydrogen-bond acceptors (Lipinski definition) is 2. The standard InChI is InChI=1S/C13H19NS/c1-10-3-5-11(6-4-10)13(14-2)12-7-8-15-9-12/h3-6,12-14H,7-9H2,1-2H3. The summed E-state index contributed by atoms with van der Waals surface area (Å²) in [4.78, 5) is 0. The zero-order valence-corrected chi connectivity index (χ0v) is 10.3. The van der Waals surface area contributed by atoms with Gasteiger partial charge in [-0.1, -0.05) is 29.8 Å². The highest BCUT2D eigenvalue weighted by molar-refractivity contribution is 7.99. The molecule has 2 unspecified atom stereocenters. The lowest BCUT2D eigenvalue weighted by Gasteiger charge is -2.22. The maximum atomic E-state index is 3.47. The van der Waals surface area contributed by atoms with E-state index in [1.165, 1.54) is 29.1 Å². The summed E-state index contributed by atoms with van der Waals surface area (Å²) in [6.07, 6.45) is 1.35. The Hall–Kier alpha value is -0.470. The van der Waals surface area contributed by atoms with Gasteiger partial charge >= 0.3 is 0 Å². The van der Waals surface area contributed by atoms with Crippen molar-refractivity contribution in [3.8, 4) is 0 Å². The lowest BCUT2D eigenvalue weighted by atomic mass is 9.92. The molecule has 0 aliphatic carbocycles. The van der Waals surface area contributed by atoms with Crippen molar-refractivity contribution >= 4 is 11.8 Å². The number of rotatable bonds is 3. The number of nitrogens with one attached hydrogen (secondary N) is 1. The van der Waals surface area contributed by atoms with Gasteiger partial charge in [0.2, 0.25) is 0 Å². The van der Waals surface area contributed by atoms with Crippen molar-refractivity contribution in [1.82, 2.24) is 5.32 Å². The molecule has 0 aromatic heterocycles. The third kappa shape index (κ3) is 2.56. The fraction of sp³-hybridized carbons (Fsp3) is 0.538. The largest absolute Gasteiger partial charge is 0.313 e. The van der Waals surface area contributed by atoms with Gasteiger partial charge < -0.3 is 5.32 Å². The highest BCUT2D eigenvalue weighted by Gasteiger charge is 2.25. The van der Waals surface area contributed by atoms with Crippen molar-refractivity contribution in [2.45, 2.75) is 19.4 Å². The van der Waals surface area contributed by atoms with Crippen LogP contribution in [0.3, 0.4) is 0 Å². The van der Waals surface area contributed by atoms with Gasteiger partial charge in [-0.25, -0.2) is 0 Å². The summed E-state index contributed by atoms with van der Waals surface area (Å²) in [6, 6.07) is 9.49. The normalized spacial score (nSPS) is 22.9. The minimum absolute atomic E-state index is 0.542. The predicted molar refractivity (Wildman–Crippen MR) is 68.4 cm³/mol. The molecule has 0 radical (unpaired) electrons. The molecular weight excluding hydrogens is 202 g/mol. The maximum absolute atomic E-state index is 3.47. The van der Waals surface area contributed by atoms with E-state index in [1.54, 1.807) is 0 Å². The van der Waals surface area contributed by atoms with Crippen LogP contribution in [0.25, 0.3) is 0 Å². The topological polar surface area (TPSA) is 12.0 Å². The Kier molecular flexibility index (Phi) is 3.71. The van der Waals surface area contributed by atoms with Crippen LogP contribution in [0.1, 0.15) is 23.6 Å². The molecule has 2 atom stereocenters. The Morgan fingerprint density at radius 1 is 1.33 bits per heavy atom. The van der Waals surface area contributed by atoms with Gasteiger partial charge in [0, 0.05) is 6.04 Å². The second-order valence-corrected chi connectivity index (χ2v) is 5.45. The zero-order valence-electron chi connectivity index (χ0n) is 9.49. The first-order chi connectivity index (χ1) is 7.31. The molecule has 0 spiro atoms. The highest BCUT2D eigenvalue weighted by atomic mass is 32.2. The number of thioether (sulfide) groups is 1. The lowest BCUT2D eigenvalue weighted by Crippen LogP contribution is -2.25. The van der Waals surface area contributed by atoms with E-state index in [9.17, 15) is 0 Å². The molecule has 1 aliphatic rings. The number of aryl methyl sites for hydroxylation is 1. The van der Waals surface area contributed by atoms with Crippen molar-refractivity contribution in [3.63, 3.8) is 0 Å². The zero-order chi connectivity index (χ0) is 10.7. The maximum Gasteiger partial charge on any atom is 0.0354 e. The number of benzene rings is 1. The summed E-state index contributed by atoms with van der Waals surface area (Å²) < 4.78 is 0. The average molecular weight is 221 g/mol. The quantitative estimate of drug-likeness (QED) is 0.842. The van der Waals surface area contributed by atoms with E-state index >= 15 is 0 Å². The van der Waals surface area contributed by atoms with E-state index in [2.05, 4.69) is 55.3 Å². The molecule has 1 aliphatic heterocycles. The van der Waals surface area contributed by atoms with Crippen LogP contribution in [-0.4, -0.2) is 18.6 Å². The van der Waals surface area contributed by atoms with Gasteiger partial charge in [-0.15, -0.1) is 0 Å². The van der Waals surface area contributed by atoms with Crippen LogP contribution in [0.15, 0.2) is 24.3 Å². The Balaban J connectivity index is 2.14. The second-order valence-electron chi connectivity index (χ2n) is 4.30. The molecule has 1 aromatic carbocycles. The molecule has 82 valence electrons. The fourth-order valence-electron chi connectivity index (χ4n) is 2.26. The SMILES string of the molecule is CNC(c1ccc(C)cc1)C1CCSC1. The molecule has 1 fully saturated rings. The molecule has 2 rings (SSSR count). The smallest absolute Gasteiger partial charge is 0.0354 e. The molecule has 0 saturated carbocycles. The molecule has 0 bridgehead atoms. The third-order valence-electron chi connectivity index (χ3n) is 3.18. The van der Waals surface area contributed by atoms with E-state index in [4.69, 9.17) is 0 Å². The fourth-order valence-corrected chi connectivity index (χ4v) is 3.56. The van der Waals surface area contributed by atoms with E-state index in [1.807, 2.05) is 0 Å². The summed E-state index contributed by atoms with van der Waals surface area (Å²) in [5.41, 5.74) is 2.78. The molecule has 1 heterocycles. The molecule has 2 heteroatoms. The summed E-state index contributed by atoms with van der Waals surface area (Å²) in [7, 11) is 2.08. The first-order valence-electron chi connectivity index (χ1n) is 5.63. The van der Waals surface area contributed by atoms with E-state index in [0.29, 0.717) is 6.04 Å². The minimum Gasteiger partial charge on any atom is -0.313 e. The van der Waals surface area contributed by atoms with Gasteiger partial charge in [-0.05, 0) is 43.4 Å². The Bertz CT molecular complexity index is 301. The van der Waals surface area contributed by atoms with Crippen molar-refractivity contribution in [2.24, 2.45) is 5.92 Å². The molecule has 1 saturated heterocycles. The Morgan fingerprint density at radius 3 is 2.60 bits per heavy atom. The van der Waals surface area contributed by atoms with Gasteiger partial charge in [0.05, 0.1) is 0 Å². The van der Waals surface area contributed by atoms with E-state index < -0.39 is 0 Å². The van der Waals surface area contributed by atoms with Crippen LogP contribution in [0.5, 0.6) is 0 Å². The molecule has 1 aromatic rings. The minimum atomic E-state index is 0.542. The average Bonchev–Trinajstić information content (AvgIpc) is 2.75. The van der Waals surface area contributed by atoms with E-state index in [0.717, 1.165) is 5.92 Å². The van der Waals surface area contributed by atoms with Crippen LogP contribution in [0, 0.1) is 12.8 Å². The Labute approximate surface area is 96.7 Å². The first kappa shape index (κ1) is 11.0. The molecular formula is C13H19NS. The molecule has 15 heavy (non-hydrogen) atoms. The third-order valence-corrected chi connectivity index (χ3v) is 4.37. The summed E-state index contributed by atoms with van der Waals surface area (Å²) in [5.74, 6) is 3.44. The van der Waals surface area contributed by atoms with E-state index in [-0.39, 0.29) is 0 Å². The Morgan fingerprint density at radius 2 is 2.07 bits per heavy atom. The summed E-state index contributed by atoms with van der Waals surface area (Å²) in [6.45, 7) is 2.14. The van der Waals surface area contributed by atoms with Crippen molar-refractivity contribution < 1.29 is 0 Å². The van der Waals surface area contributed by atoms with Gasteiger partial charge in [-0.2, -0.15) is 11.8 Å². The summed E-state index contributed by atoms with van der Waals surface area (Å²) >= 11 is 2.08. The van der Waals surface area contributed by atoms with Gasteiger partial charge in [0.1, 0.15) is 0 Å². The van der Waals surface area contributed by atoms with Crippen molar-refractivity contribution in [3.05, 3.63) is 35.4 Å². The van der Waals surface area contributed by atoms with Crippen LogP contribution < -0.4 is 5.32 Å². The van der Waals surface area contributed by atoms with Gasteiger partial charge in [-0.3, -0.25) is 0 Å².